The molecule has 1 aromatic heterocycles. The molecule has 5 rings (SSSR count). The van der Waals surface area contributed by atoms with Crippen LogP contribution in [-0.2, 0) is 14.3 Å². The van der Waals surface area contributed by atoms with Crippen molar-refractivity contribution in [1.29, 1.82) is 0 Å². The van der Waals surface area contributed by atoms with Crippen LogP contribution >= 0.6 is 22.9 Å². The predicted molar refractivity (Wildman–Crippen MR) is 134 cm³/mol. The SMILES string of the molecule is COC(=O)C1=C(CN2[C@@H]3C[C@H](CC(=O)O)C[C@H]2C(F)(F)C3)NC(c2nccs2)=N[C@H]1c1ccc(Cl)c(F)c1. The Labute approximate surface area is 225 Å². The van der Waals surface area contributed by atoms with Crippen LogP contribution in [0.25, 0.3) is 0 Å². The fraction of sp³-hybridized carbons (Fsp3) is 0.440. The first-order valence-corrected chi connectivity index (χ1v) is 13.2. The largest absolute Gasteiger partial charge is 0.481 e. The van der Waals surface area contributed by atoms with Gasteiger partial charge in [-0.15, -0.1) is 11.3 Å². The normalized spacial score (nSPS) is 26.6. The van der Waals surface area contributed by atoms with Crippen LogP contribution in [0.2, 0.25) is 5.02 Å². The molecule has 2 saturated heterocycles. The number of carbonyl (C=O) groups excluding carboxylic acids is 1. The number of benzene rings is 1. The molecule has 0 unspecified atom stereocenters. The van der Waals surface area contributed by atoms with Gasteiger partial charge in [-0.3, -0.25) is 14.7 Å². The second-order valence-electron chi connectivity index (χ2n) is 9.64. The number of hydrogen-bond donors (Lipinski definition) is 2. The lowest BCUT2D eigenvalue weighted by Gasteiger charge is -2.40. The number of carboxylic acid groups (broad SMARTS) is 1. The van der Waals surface area contributed by atoms with Crippen molar-refractivity contribution < 1.29 is 32.6 Å². The van der Waals surface area contributed by atoms with Crippen LogP contribution in [0.15, 0.2) is 46.0 Å². The molecule has 0 aliphatic carbocycles. The summed E-state index contributed by atoms with van der Waals surface area (Å²) in [6, 6.07) is 1.31. The Kier molecular flexibility index (Phi) is 7.23. The van der Waals surface area contributed by atoms with Crippen LogP contribution in [0.4, 0.5) is 13.2 Å². The van der Waals surface area contributed by atoms with Crippen LogP contribution in [0.3, 0.4) is 0 Å². The van der Waals surface area contributed by atoms with Crippen molar-refractivity contribution in [2.45, 2.75) is 49.7 Å². The van der Waals surface area contributed by atoms with Crippen molar-refractivity contribution >= 4 is 40.7 Å². The highest BCUT2D eigenvalue weighted by molar-refractivity contribution is 7.11. The third kappa shape index (κ3) is 5.04. The Morgan fingerprint density at radius 1 is 1.34 bits per heavy atom. The molecule has 2 bridgehead atoms. The maximum Gasteiger partial charge on any atom is 0.338 e. The minimum atomic E-state index is -3.01. The molecule has 0 amide bonds. The quantitative estimate of drug-likeness (QED) is 0.477. The minimum Gasteiger partial charge on any atom is -0.481 e. The summed E-state index contributed by atoms with van der Waals surface area (Å²) < 4.78 is 49.6. The fourth-order valence-corrected chi connectivity index (χ4v) is 6.37. The van der Waals surface area contributed by atoms with Crippen molar-refractivity contribution in [2.75, 3.05) is 13.7 Å². The van der Waals surface area contributed by atoms with E-state index in [1.807, 2.05) is 0 Å². The monoisotopic (exact) mass is 568 g/mol. The highest BCUT2D eigenvalue weighted by atomic mass is 35.5. The zero-order valence-corrected chi connectivity index (χ0v) is 21.7. The summed E-state index contributed by atoms with van der Waals surface area (Å²) in [7, 11) is 1.20. The number of piperidine rings is 1. The topological polar surface area (TPSA) is 104 Å². The van der Waals surface area contributed by atoms with E-state index < -0.39 is 48.2 Å². The third-order valence-electron chi connectivity index (χ3n) is 7.26. The van der Waals surface area contributed by atoms with Gasteiger partial charge in [0, 0.05) is 42.7 Å². The summed E-state index contributed by atoms with van der Waals surface area (Å²) in [6.07, 6.45) is 1.34. The molecule has 2 fully saturated rings. The Morgan fingerprint density at radius 2 is 2.13 bits per heavy atom. The number of nitrogens with one attached hydrogen (secondary N) is 1. The van der Waals surface area contributed by atoms with Gasteiger partial charge in [0.05, 0.1) is 23.7 Å². The van der Waals surface area contributed by atoms with E-state index in [0.717, 1.165) is 0 Å². The van der Waals surface area contributed by atoms with Gasteiger partial charge in [-0.25, -0.2) is 22.9 Å². The first kappa shape index (κ1) is 26.6. The lowest BCUT2D eigenvalue weighted by atomic mass is 9.87. The van der Waals surface area contributed by atoms with E-state index in [9.17, 15) is 19.1 Å². The number of esters is 1. The maximum atomic E-state index is 15.1. The number of rotatable bonds is 7. The van der Waals surface area contributed by atoms with Gasteiger partial charge < -0.3 is 15.2 Å². The molecule has 3 aliphatic heterocycles. The average Bonchev–Trinajstić information content (AvgIpc) is 3.44. The van der Waals surface area contributed by atoms with Crippen molar-refractivity contribution in [3.05, 3.63) is 62.5 Å². The van der Waals surface area contributed by atoms with Gasteiger partial charge in [-0.05, 0) is 36.5 Å². The fourth-order valence-electron chi connectivity index (χ4n) is 5.67. The highest BCUT2D eigenvalue weighted by Crippen LogP contribution is 2.49. The highest BCUT2D eigenvalue weighted by Gasteiger charge is 2.57. The number of aliphatic carboxylic acids is 1. The standard InChI is InChI=1S/C25H24ClF3N4O4S/c1-37-24(36)20-17(11-33-14-6-12(8-19(34)35)7-18(33)25(28,29)10-14)31-22(23-30-4-5-38-23)32-21(20)13-2-3-15(26)16(27)9-13/h2-5,9,12,14,18,21H,6-8,10-11H2,1H3,(H,31,32)(H,34,35)/t12-,14+,18-,21-/m0/s1. The van der Waals surface area contributed by atoms with Gasteiger partial charge >= 0.3 is 11.9 Å². The lowest BCUT2D eigenvalue weighted by Crippen LogP contribution is -2.50. The van der Waals surface area contributed by atoms with Crippen molar-refractivity contribution in [3.8, 4) is 0 Å². The average molecular weight is 569 g/mol. The molecule has 2 N–H and O–H groups in total. The van der Waals surface area contributed by atoms with Crippen LogP contribution in [0, 0.1) is 11.7 Å². The van der Waals surface area contributed by atoms with Crippen LogP contribution in [0.5, 0.6) is 0 Å². The summed E-state index contributed by atoms with van der Waals surface area (Å²) in [5, 5.41) is 14.5. The van der Waals surface area contributed by atoms with Crippen molar-refractivity contribution in [1.82, 2.24) is 15.2 Å². The Bertz CT molecular complexity index is 1320. The van der Waals surface area contributed by atoms with E-state index in [-0.39, 0.29) is 35.9 Å². The molecule has 8 nitrogen and oxygen atoms in total. The molecule has 13 heteroatoms. The summed E-state index contributed by atoms with van der Waals surface area (Å²) in [4.78, 5) is 34.9. The number of ether oxygens (including phenoxy) is 1. The molecular weight excluding hydrogens is 545 g/mol. The number of carbonyl (C=O) groups is 2. The first-order chi connectivity index (χ1) is 18.1. The molecule has 1 aromatic carbocycles. The Morgan fingerprint density at radius 3 is 2.76 bits per heavy atom. The molecule has 202 valence electrons. The summed E-state index contributed by atoms with van der Waals surface area (Å²) in [5.41, 5.74) is 0.681. The number of carboxylic acids is 1. The van der Waals surface area contributed by atoms with E-state index in [0.29, 0.717) is 28.5 Å². The number of halogens is 4. The predicted octanol–water partition coefficient (Wildman–Crippen LogP) is 4.42. The molecule has 38 heavy (non-hydrogen) atoms. The van der Waals surface area contributed by atoms with Gasteiger partial charge in [-0.2, -0.15) is 0 Å². The van der Waals surface area contributed by atoms with E-state index in [1.165, 1.54) is 30.6 Å². The molecular formula is C25H24ClF3N4O4S. The van der Waals surface area contributed by atoms with Crippen molar-refractivity contribution in [3.63, 3.8) is 0 Å². The van der Waals surface area contributed by atoms with E-state index in [2.05, 4.69) is 15.3 Å². The number of amidine groups is 1. The first-order valence-electron chi connectivity index (χ1n) is 11.9. The van der Waals surface area contributed by atoms with Crippen molar-refractivity contribution in [2.24, 2.45) is 10.9 Å². The number of thiazole rings is 1. The minimum absolute atomic E-state index is 0.0237. The molecule has 0 radical (unpaired) electrons. The van der Waals surface area contributed by atoms with E-state index in [1.54, 1.807) is 22.5 Å². The van der Waals surface area contributed by atoms with Gasteiger partial charge in [0.2, 0.25) is 0 Å². The molecule has 4 heterocycles. The lowest BCUT2D eigenvalue weighted by molar-refractivity contribution is -0.139. The van der Waals surface area contributed by atoms with E-state index in [4.69, 9.17) is 16.3 Å². The number of alkyl halides is 2. The molecule has 0 saturated carbocycles. The molecule has 3 aliphatic rings. The zero-order valence-electron chi connectivity index (χ0n) is 20.2. The Hall–Kier alpha value is -2.96. The number of fused-ring (bicyclic) bond motifs is 2. The Balaban J connectivity index is 1.56. The van der Waals surface area contributed by atoms with Gasteiger partial charge in [0.1, 0.15) is 11.9 Å². The second kappa shape index (κ2) is 10.3. The summed E-state index contributed by atoms with van der Waals surface area (Å²) >= 11 is 7.16. The van der Waals surface area contributed by atoms with E-state index >= 15 is 8.78 Å². The number of nitrogens with zero attached hydrogens (tertiary/aromatic N) is 3. The second-order valence-corrected chi connectivity index (χ2v) is 10.9. The smallest absolute Gasteiger partial charge is 0.338 e. The van der Waals surface area contributed by atoms with Gasteiger partial charge in [0.15, 0.2) is 10.8 Å². The number of methoxy groups -OCH3 is 1. The zero-order chi connectivity index (χ0) is 27.2. The number of aliphatic imine (C=N–C) groups is 1. The summed E-state index contributed by atoms with van der Waals surface area (Å²) in [5.74, 6) is -5.52. The van der Waals surface area contributed by atoms with Crippen LogP contribution in [-0.4, -0.2) is 64.4 Å². The van der Waals surface area contributed by atoms with Gasteiger partial charge in [-0.1, -0.05) is 17.7 Å². The molecule has 2 aromatic rings. The van der Waals surface area contributed by atoms with Crippen LogP contribution < -0.4 is 5.32 Å². The number of aromatic nitrogens is 1. The summed E-state index contributed by atoms with van der Waals surface area (Å²) in [6.45, 7) is -0.0634. The third-order valence-corrected chi connectivity index (χ3v) is 8.34. The van der Waals surface area contributed by atoms with Crippen LogP contribution in [0.1, 0.15) is 42.3 Å². The van der Waals surface area contributed by atoms with Gasteiger partial charge in [0.25, 0.3) is 5.92 Å². The number of hydrogen-bond acceptors (Lipinski definition) is 8. The molecule has 4 atom stereocenters. The maximum absolute atomic E-state index is 15.1. The molecule has 0 spiro atoms.